The predicted octanol–water partition coefficient (Wildman–Crippen LogP) is 0.999. The molecule has 0 saturated carbocycles. The molecule has 1 unspecified atom stereocenters. The van der Waals surface area contributed by atoms with Crippen molar-refractivity contribution in [2.24, 2.45) is 5.92 Å². The van der Waals surface area contributed by atoms with E-state index in [9.17, 15) is 14.0 Å². The van der Waals surface area contributed by atoms with Crippen LogP contribution in [-0.4, -0.2) is 18.4 Å². The third kappa shape index (κ3) is 1.85. The normalized spacial score (nSPS) is 21.7. The van der Waals surface area contributed by atoms with Crippen molar-refractivity contribution >= 4 is 17.5 Å². The minimum atomic E-state index is -0.351. The van der Waals surface area contributed by atoms with Crippen LogP contribution in [0.5, 0.6) is 0 Å². The first kappa shape index (κ1) is 11.2. The van der Waals surface area contributed by atoms with E-state index >= 15 is 0 Å². The second-order valence-electron chi connectivity index (χ2n) is 4.81. The maximum Gasteiger partial charge on any atom is 0.228 e. The highest BCUT2D eigenvalue weighted by atomic mass is 19.1. The molecule has 2 aliphatic heterocycles. The van der Waals surface area contributed by atoms with Gasteiger partial charge >= 0.3 is 0 Å². The van der Waals surface area contributed by atoms with E-state index in [2.05, 4.69) is 10.6 Å². The Morgan fingerprint density at radius 1 is 1.33 bits per heavy atom. The molecule has 0 radical (unpaired) electrons. The Labute approximate surface area is 104 Å². The van der Waals surface area contributed by atoms with E-state index in [4.69, 9.17) is 0 Å². The fourth-order valence-electron chi connectivity index (χ4n) is 2.56. The standard InChI is InChI=1S/C13H13FN2O2/c14-10-6-11-9(5-12(17)16-11)4-8(10)3-7-1-2-15-13(7)18/h4,6-7H,1-3,5H2,(H,15,18)(H,16,17). The van der Waals surface area contributed by atoms with Crippen LogP contribution in [-0.2, 0) is 22.4 Å². The third-order valence-corrected chi connectivity index (χ3v) is 3.53. The highest BCUT2D eigenvalue weighted by Crippen LogP contribution is 2.28. The van der Waals surface area contributed by atoms with Crippen LogP contribution in [0.3, 0.4) is 0 Å². The van der Waals surface area contributed by atoms with E-state index in [1.165, 1.54) is 6.07 Å². The van der Waals surface area contributed by atoms with Crippen LogP contribution in [0.1, 0.15) is 17.5 Å². The summed E-state index contributed by atoms with van der Waals surface area (Å²) in [5.74, 6) is -0.623. The molecular weight excluding hydrogens is 235 g/mol. The molecule has 94 valence electrons. The molecule has 0 spiro atoms. The van der Waals surface area contributed by atoms with E-state index in [1.807, 2.05) is 0 Å². The zero-order valence-corrected chi connectivity index (χ0v) is 9.75. The van der Waals surface area contributed by atoms with Gasteiger partial charge in [0.2, 0.25) is 11.8 Å². The monoisotopic (exact) mass is 248 g/mol. The van der Waals surface area contributed by atoms with Crippen molar-refractivity contribution in [2.75, 3.05) is 11.9 Å². The summed E-state index contributed by atoms with van der Waals surface area (Å²) in [4.78, 5) is 22.7. The summed E-state index contributed by atoms with van der Waals surface area (Å²) in [5.41, 5.74) is 1.89. The first-order valence-electron chi connectivity index (χ1n) is 6.02. The van der Waals surface area contributed by atoms with Crippen LogP contribution in [0.15, 0.2) is 12.1 Å². The van der Waals surface area contributed by atoms with Gasteiger partial charge in [0.15, 0.2) is 0 Å². The number of carbonyl (C=O) groups excluding carboxylic acids is 2. The average molecular weight is 248 g/mol. The maximum absolute atomic E-state index is 13.9. The molecular formula is C13H13FN2O2. The van der Waals surface area contributed by atoms with Crippen molar-refractivity contribution in [3.05, 3.63) is 29.1 Å². The molecule has 1 aromatic rings. The number of anilines is 1. The van der Waals surface area contributed by atoms with E-state index in [0.717, 1.165) is 12.0 Å². The summed E-state index contributed by atoms with van der Waals surface area (Å²) in [6.07, 6.45) is 1.44. The van der Waals surface area contributed by atoms with Crippen molar-refractivity contribution in [3.8, 4) is 0 Å². The van der Waals surface area contributed by atoms with Gasteiger partial charge in [0.05, 0.1) is 6.42 Å². The molecule has 2 amide bonds. The second-order valence-corrected chi connectivity index (χ2v) is 4.81. The third-order valence-electron chi connectivity index (χ3n) is 3.53. The molecule has 2 aliphatic rings. The molecule has 2 heterocycles. The zero-order chi connectivity index (χ0) is 12.7. The fraction of sp³-hybridized carbons (Fsp3) is 0.385. The lowest BCUT2D eigenvalue weighted by Gasteiger charge is -2.09. The Morgan fingerprint density at radius 3 is 2.89 bits per heavy atom. The molecule has 1 atom stereocenters. The van der Waals surface area contributed by atoms with Gasteiger partial charge in [-0.3, -0.25) is 9.59 Å². The van der Waals surface area contributed by atoms with Gasteiger partial charge < -0.3 is 10.6 Å². The van der Waals surface area contributed by atoms with Gasteiger partial charge in [0.1, 0.15) is 5.82 Å². The number of hydrogen-bond acceptors (Lipinski definition) is 2. The molecule has 1 saturated heterocycles. The lowest BCUT2D eigenvalue weighted by Crippen LogP contribution is -2.20. The SMILES string of the molecule is O=C1Cc2cc(CC3CCNC3=O)c(F)cc2N1. The van der Waals surface area contributed by atoms with E-state index in [-0.39, 0.29) is 23.5 Å². The fourth-order valence-corrected chi connectivity index (χ4v) is 2.56. The molecule has 18 heavy (non-hydrogen) atoms. The van der Waals surface area contributed by atoms with Gasteiger partial charge in [-0.05, 0) is 30.0 Å². The Morgan fingerprint density at radius 2 is 2.17 bits per heavy atom. The van der Waals surface area contributed by atoms with Crippen molar-refractivity contribution in [3.63, 3.8) is 0 Å². The van der Waals surface area contributed by atoms with E-state index in [0.29, 0.717) is 30.6 Å². The Hall–Kier alpha value is -1.91. The Balaban J connectivity index is 1.87. The quantitative estimate of drug-likeness (QED) is 0.820. The first-order valence-corrected chi connectivity index (χ1v) is 6.02. The van der Waals surface area contributed by atoms with Crippen LogP contribution in [0.2, 0.25) is 0 Å². The lowest BCUT2D eigenvalue weighted by atomic mass is 9.96. The van der Waals surface area contributed by atoms with Crippen molar-refractivity contribution in [1.29, 1.82) is 0 Å². The number of benzene rings is 1. The van der Waals surface area contributed by atoms with E-state index in [1.54, 1.807) is 6.07 Å². The van der Waals surface area contributed by atoms with Crippen LogP contribution < -0.4 is 10.6 Å². The van der Waals surface area contributed by atoms with E-state index < -0.39 is 0 Å². The molecule has 0 aliphatic carbocycles. The van der Waals surface area contributed by atoms with Crippen LogP contribution in [0.4, 0.5) is 10.1 Å². The predicted molar refractivity (Wildman–Crippen MR) is 63.6 cm³/mol. The second kappa shape index (κ2) is 4.08. The summed E-state index contributed by atoms with van der Waals surface area (Å²) in [6, 6.07) is 3.05. The smallest absolute Gasteiger partial charge is 0.228 e. The van der Waals surface area contributed by atoms with Crippen LogP contribution >= 0.6 is 0 Å². The minimum Gasteiger partial charge on any atom is -0.356 e. The summed E-state index contributed by atoms with van der Waals surface area (Å²) in [6.45, 7) is 0.663. The molecule has 0 aromatic heterocycles. The summed E-state index contributed by atoms with van der Waals surface area (Å²) in [5, 5.41) is 5.35. The van der Waals surface area contributed by atoms with Crippen LogP contribution in [0.25, 0.3) is 0 Å². The number of rotatable bonds is 2. The molecule has 0 bridgehead atoms. The van der Waals surface area contributed by atoms with Gasteiger partial charge in [0.25, 0.3) is 0 Å². The van der Waals surface area contributed by atoms with Crippen molar-refractivity contribution in [2.45, 2.75) is 19.3 Å². The average Bonchev–Trinajstić information content (AvgIpc) is 2.85. The largest absolute Gasteiger partial charge is 0.356 e. The van der Waals surface area contributed by atoms with Gasteiger partial charge in [-0.15, -0.1) is 0 Å². The number of carbonyl (C=O) groups is 2. The zero-order valence-electron chi connectivity index (χ0n) is 9.75. The van der Waals surface area contributed by atoms with Gasteiger partial charge in [-0.2, -0.15) is 0 Å². The summed E-state index contributed by atoms with van der Waals surface area (Å²) >= 11 is 0. The Bertz CT molecular complexity index is 542. The number of amides is 2. The number of fused-ring (bicyclic) bond motifs is 1. The topological polar surface area (TPSA) is 58.2 Å². The molecule has 1 aromatic carbocycles. The molecule has 4 nitrogen and oxygen atoms in total. The highest BCUT2D eigenvalue weighted by Gasteiger charge is 2.27. The van der Waals surface area contributed by atoms with Gasteiger partial charge in [-0.25, -0.2) is 4.39 Å². The highest BCUT2D eigenvalue weighted by molar-refractivity contribution is 5.99. The summed E-state index contributed by atoms with van der Waals surface area (Å²) in [7, 11) is 0. The minimum absolute atomic E-state index is 0.0101. The van der Waals surface area contributed by atoms with Gasteiger partial charge in [-0.1, -0.05) is 6.07 Å². The number of hydrogen-bond donors (Lipinski definition) is 2. The Kier molecular flexibility index (Phi) is 2.54. The van der Waals surface area contributed by atoms with Crippen molar-refractivity contribution in [1.82, 2.24) is 5.32 Å². The molecule has 3 rings (SSSR count). The van der Waals surface area contributed by atoms with Crippen LogP contribution in [0, 0.1) is 11.7 Å². The van der Waals surface area contributed by atoms with Gasteiger partial charge in [0, 0.05) is 18.2 Å². The lowest BCUT2D eigenvalue weighted by molar-refractivity contribution is -0.122. The maximum atomic E-state index is 13.9. The molecule has 1 fully saturated rings. The summed E-state index contributed by atoms with van der Waals surface area (Å²) < 4.78 is 13.9. The molecule has 5 heteroatoms. The number of halogens is 1. The van der Waals surface area contributed by atoms with Crippen molar-refractivity contribution < 1.29 is 14.0 Å². The first-order chi connectivity index (χ1) is 8.63. The molecule has 2 N–H and O–H groups in total. The number of nitrogens with one attached hydrogen (secondary N) is 2.